The molecule has 0 aromatic carbocycles. The van der Waals surface area contributed by atoms with Crippen molar-refractivity contribution in [2.45, 2.75) is 36.7 Å². The number of rotatable bonds is 2. The summed E-state index contributed by atoms with van der Waals surface area (Å²) in [6.45, 7) is 1.96. The van der Waals surface area contributed by atoms with Crippen LogP contribution in [0.5, 0.6) is 0 Å². The fourth-order valence-electron chi connectivity index (χ4n) is 1.39. The van der Waals surface area contributed by atoms with Gasteiger partial charge in [0.25, 0.3) is 0 Å². The normalized spacial score (nSPS) is 48.2. The van der Waals surface area contributed by atoms with E-state index in [0.717, 1.165) is 6.42 Å². The highest BCUT2D eigenvalue weighted by Crippen LogP contribution is 2.56. The van der Waals surface area contributed by atoms with Crippen LogP contribution in [0.4, 0.5) is 0 Å². The van der Waals surface area contributed by atoms with E-state index in [1.54, 1.807) is 0 Å². The van der Waals surface area contributed by atoms with Gasteiger partial charge in [0.1, 0.15) is 23.4 Å². The van der Waals surface area contributed by atoms with Gasteiger partial charge in [-0.1, -0.05) is 21.9 Å². The van der Waals surface area contributed by atoms with Crippen LogP contribution in [-0.4, -0.2) is 50.0 Å². The fraction of sp³-hybridized carbons (Fsp3) is 1.00. The Morgan fingerprint density at radius 1 is 1.08 bits per heavy atom. The Morgan fingerprint density at radius 3 is 1.92 bits per heavy atom. The summed E-state index contributed by atoms with van der Waals surface area (Å²) in [5, 5.41) is 37.9. The van der Waals surface area contributed by atoms with Gasteiger partial charge < -0.3 is 20.4 Å². The van der Waals surface area contributed by atoms with Crippen LogP contribution in [0.15, 0.2) is 0 Å². The van der Waals surface area contributed by atoms with Crippen molar-refractivity contribution in [3.05, 3.63) is 0 Å². The van der Waals surface area contributed by atoms with E-state index in [9.17, 15) is 20.4 Å². The summed E-state index contributed by atoms with van der Waals surface area (Å²) in [6.07, 6.45) is 1.54. The summed E-state index contributed by atoms with van der Waals surface area (Å²) < 4.78 is 0. The average molecular weight is 226 g/mol. The summed E-state index contributed by atoms with van der Waals surface area (Å²) in [5.41, 5.74) is 0. The first kappa shape index (κ1) is 11.8. The van der Waals surface area contributed by atoms with Gasteiger partial charge in [-0.3, -0.25) is 0 Å². The molecule has 6 heteroatoms. The Kier molecular flexibility index (Phi) is 4.50. The third-order valence-electron chi connectivity index (χ3n) is 2.07. The maximum atomic E-state index is 9.57. The summed E-state index contributed by atoms with van der Waals surface area (Å²) in [5.74, 6) is -3.36. The predicted molar refractivity (Wildman–Crippen MR) is 54.4 cm³/mol. The van der Waals surface area contributed by atoms with E-state index in [4.69, 9.17) is 0 Å². The predicted octanol–water partition coefficient (Wildman–Crippen LogP) is -0.156. The summed E-state index contributed by atoms with van der Waals surface area (Å²) >= 11 is 0. The quantitative estimate of drug-likeness (QED) is 0.493. The summed E-state index contributed by atoms with van der Waals surface area (Å²) in [6, 6.07) is 0. The largest absolute Gasteiger partial charge is 0.386 e. The molecule has 1 fully saturated rings. The molecule has 0 saturated carbocycles. The zero-order valence-corrected chi connectivity index (χ0v) is 9.35. The molecule has 1 rings (SSSR count). The van der Waals surface area contributed by atoms with Crippen LogP contribution in [0, 0.1) is 0 Å². The van der Waals surface area contributed by atoms with E-state index < -0.39 is 31.3 Å². The maximum absolute atomic E-state index is 9.57. The standard InChI is InChI=1S/C7H16O4P2/c1-2-3-13-6(10)4(8)12-5(9)7(13)11/h4-12H,2-3H2,1H3. The average Bonchev–Trinajstić information content (AvgIpc) is 2.09. The number of hydrogen-bond donors (Lipinski definition) is 4. The molecule has 0 aliphatic carbocycles. The van der Waals surface area contributed by atoms with Crippen molar-refractivity contribution in [1.82, 2.24) is 0 Å². The molecule has 0 spiro atoms. The van der Waals surface area contributed by atoms with Gasteiger partial charge in [0, 0.05) is 0 Å². The summed E-state index contributed by atoms with van der Waals surface area (Å²) in [7, 11) is -1.23. The number of aliphatic hydroxyl groups is 4. The monoisotopic (exact) mass is 226 g/mol. The molecule has 1 aliphatic heterocycles. The van der Waals surface area contributed by atoms with E-state index in [-0.39, 0.29) is 8.58 Å². The molecule has 4 atom stereocenters. The molecule has 0 radical (unpaired) electrons. The van der Waals surface area contributed by atoms with Gasteiger partial charge in [-0.2, -0.15) is 0 Å². The van der Waals surface area contributed by atoms with Gasteiger partial charge in [0.2, 0.25) is 0 Å². The lowest BCUT2D eigenvalue weighted by molar-refractivity contribution is 0.0818. The minimum Gasteiger partial charge on any atom is -0.386 e. The van der Waals surface area contributed by atoms with Crippen molar-refractivity contribution in [2.75, 3.05) is 6.16 Å². The van der Waals surface area contributed by atoms with Gasteiger partial charge in [-0.25, -0.2) is 0 Å². The van der Waals surface area contributed by atoms with Gasteiger partial charge >= 0.3 is 0 Å². The minimum atomic E-state index is -1.05. The van der Waals surface area contributed by atoms with Gasteiger partial charge in [0.15, 0.2) is 0 Å². The van der Waals surface area contributed by atoms with Crippen LogP contribution in [0.2, 0.25) is 0 Å². The molecule has 78 valence electrons. The highest BCUT2D eigenvalue weighted by atomic mass is 31.1. The molecule has 0 bridgehead atoms. The Balaban J connectivity index is 2.64. The first-order valence-corrected chi connectivity index (χ1v) is 7.14. The zero-order chi connectivity index (χ0) is 10.0. The zero-order valence-electron chi connectivity index (χ0n) is 7.46. The molecule has 0 aromatic rings. The summed E-state index contributed by atoms with van der Waals surface area (Å²) in [4.78, 5) is 0. The molecule has 0 aromatic heterocycles. The molecule has 4 unspecified atom stereocenters. The van der Waals surface area contributed by atoms with Crippen LogP contribution in [0.25, 0.3) is 0 Å². The van der Waals surface area contributed by atoms with Crippen molar-refractivity contribution in [3.8, 4) is 0 Å². The van der Waals surface area contributed by atoms with Crippen LogP contribution < -0.4 is 0 Å². The van der Waals surface area contributed by atoms with Crippen molar-refractivity contribution in [1.29, 1.82) is 0 Å². The van der Waals surface area contributed by atoms with Crippen molar-refractivity contribution in [3.63, 3.8) is 0 Å². The lowest BCUT2D eigenvalue weighted by Gasteiger charge is -2.39. The van der Waals surface area contributed by atoms with Gasteiger partial charge in [-0.15, -0.1) is 0 Å². The second-order valence-corrected chi connectivity index (χ2v) is 7.17. The lowest BCUT2D eigenvalue weighted by atomic mass is 10.6. The smallest absolute Gasteiger partial charge is 0.105 e. The van der Waals surface area contributed by atoms with Crippen LogP contribution >= 0.6 is 16.5 Å². The van der Waals surface area contributed by atoms with Crippen LogP contribution in [0.1, 0.15) is 13.3 Å². The minimum absolute atomic E-state index is 0.172. The van der Waals surface area contributed by atoms with E-state index in [2.05, 4.69) is 0 Å². The van der Waals surface area contributed by atoms with Crippen LogP contribution in [0.3, 0.4) is 0 Å². The van der Waals surface area contributed by atoms with E-state index >= 15 is 0 Å². The van der Waals surface area contributed by atoms with Crippen LogP contribution in [-0.2, 0) is 0 Å². The molecular formula is C7H16O4P2. The molecular weight excluding hydrogens is 210 g/mol. The molecule has 4 nitrogen and oxygen atoms in total. The maximum Gasteiger partial charge on any atom is 0.105 e. The van der Waals surface area contributed by atoms with Crippen molar-refractivity contribution >= 4 is 16.5 Å². The lowest BCUT2D eigenvalue weighted by Crippen LogP contribution is -2.37. The van der Waals surface area contributed by atoms with E-state index in [1.807, 2.05) is 6.92 Å². The Labute approximate surface area is 80.5 Å². The Hall–Kier alpha value is 0.700. The highest BCUT2D eigenvalue weighted by Gasteiger charge is 2.40. The Morgan fingerprint density at radius 2 is 1.54 bits per heavy atom. The fourth-order valence-corrected chi connectivity index (χ4v) is 5.83. The third-order valence-corrected chi connectivity index (χ3v) is 6.83. The topological polar surface area (TPSA) is 80.9 Å². The molecule has 1 aliphatic rings. The highest BCUT2D eigenvalue weighted by molar-refractivity contribution is 7.61. The molecule has 4 N–H and O–H groups in total. The van der Waals surface area contributed by atoms with Gasteiger partial charge in [-0.05, 0) is 14.1 Å². The van der Waals surface area contributed by atoms with E-state index in [0.29, 0.717) is 6.16 Å². The second-order valence-electron chi connectivity index (χ2n) is 3.12. The molecule has 13 heavy (non-hydrogen) atoms. The Bertz CT molecular complexity index is 155. The first-order valence-electron chi connectivity index (χ1n) is 4.32. The molecule has 1 heterocycles. The third kappa shape index (κ3) is 2.59. The van der Waals surface area contributed by atoms with Crippen molar-refractivity contribution < 1.29 is 20.4 Å². The van der Waals surface area contributed by atoms with E-state index in [1.165, 1.54) is 0 Å². The SMILES string of the molecule is CCCP1C(O)C(O)PC(O)C1O. The molecule has 0 amide bonds. The van der Waals surface area contributed by atoms with Crippen molar-refractivity contribution in [2.24, 2.45) is 0 Å². The number of aliphatic hydroxyl groups excluding tert-OH is 4. The number of hydrogen-bond acceptors (Lipinski definition) is 4. The van der Waals surface area contributed by atoms with Gasteiger partial charge in [0.05, 0.1) is 0 Å². The molecule has 1 saturated heterocycles. The second kappa shape index (κ2) is 4.97. The first-order chi connectivity index (χ1) is 6.07.